The quantitative estimate of drug-likeness (QED) is 0.755. The molecule has 1 aromatic carbocycles. The highest BCUT2D eigenvalue weighted by Gasteiger charge is 2.34. The molecular formula is C13H11Cl2N5. The minimum absolute atomic E-state index is 0.373. The van der Waals surface area contributed by atoms with E-state index in [1.807, 2.05) is 0 Å². The van der Waals surface area contributed by atoms with Crippen LogP contribution in [0.3, 0.4) is 0 Å². The van der Waals surface area contributed by atoms with Crippen molar-refractivity contribution in [1.82, 2.24) is 4.98 Å². The maximum Gasteiger partial charge on any atom is 0.163 e. The summed E-state index contributed by atoms with van der Waals surface area (Å²) in [4.78, 5) is 8.38. The van der Waals surface area contributed by atoms with Gasteiger partial charge in [0.25, 0.3) is 0 Å². The predicted molar refractivity (Wildman–Crippen MR) is 82.2 cm³/mol. The summed E-state index contributed by atoms with van der Waals surface area (Å²) in [5.41, 5.74) is 13.3. The number of nitrogens with two attached hydrogens (primary N) is 2. The van der Waals surface area contributed by atoms with Crippen LogP contribution >= 0.6 is 23.2 Å². The lowest BCUT2D eigenvalue weighted by Gasteiger charge is -2.31. The van der Waals surface area contributed by atoms with E-state index >= 15 is 0 Å². The number of aliphatic imine (C=N–C) groups is 1. The minimum atomic E-state index is -1.08. The van der Waals surface area contributed by atoms with E-state index in [4.69, 9.17) is 34.7 Å². The third kappa shape index (κ3) is 2.00. The molecule has 0 fully saturated rings. The van der Waals surface area contributed by atoms with E-state index in [1.165, 1.54) is 6.34 Å². The van der Waals surface area contributed by atoms with Gasteiger partial charge >= 0.3 is 0 Å². The zero-order valence-electron chi connectivity index (χ0n) is 10.3. The van der Waals surface area contributed by atoms with Crippen molar-refractivity contribution >= 4 is 41.0 Å². The highest BCUT2D eigenvalue weighted by molar-refractivity contribution is 6.42. The number of pyridine rings is 1. The second-order valence-electron chi connectivity index (χ2n) is 4.45. The van der Waals surface area contributed by atoms with E-state index in [0.717, 1.165) is 16.8 Å². The first-order chi connectivity index (χ1) is 9.50. The fraction of sp³-hybridized carbons (Fsp3) is 0.0769. The molecule has 7 heteroatoms. The third-order valence-corrected chi connectivity index (χ3v) is 3.92. The summed E-state index contributed by atoms with van der Waals surface area (Å²) < 4.78 is 0. The van der Waals surface area contributed by atoms with Gasteiger partial charge in [-0.25, -0.2) is 9.98 Å². The van der Waals surface area contributed by atoms with Crippen molar-refractivity contribution in [3.05, 3.63) is 51.6 Å². The Labute approximate surface area is 125 Å². The summed E-state index contributed by atoms with van der Waals surface area (Å²) >= 11 is 12.0. The molecule has 0 bridgehead atoms. The Morgan fingerprint density at radius 1 is 1.15 bits per heavy atom. The van der Waals surface area contributed by atoms with Gasteiger partial charge in [0.15, 0.2) is 5.66 Å². The first-order valence-corrected chi connectivity index (χ1v) is 6.57. The van der Waals surface area contributed by atoms with Gasteiger partial charge < -0.3 is 11.1 Å². The highest BCUT2D eigenvalue weighted by Crippen LogP contribution is 2.38. The largest absolute Gasteiger partial charge is 0.384 e. The van der Waals surface area contributed by atoms with Gasteiger partial charge in [0.05, 0.1) is 28.3 Å². The number of benzene rings is 1. The summed E-state index contributed by atoms with van der Waals surface area (Å²) in [6.07, 6.45) is 3.15. The van der Waals surface area contributed by atoms with E-state index in [9.17, 15) is 0 Å². The van der Waals surface area contributed by atoms with E-state index in [0.29, 0.717) is 15.9 Å². The average molecular weight is 308 g/mol. The number of aromatic nitrogens is 1. The summed E-state index contributed by atoms with van der Waals surface area (Å²) in [7, 11) is 0. The van der Waals surface area contributed by atoms with E-state index in [-0.39, 0.29) is 0 Å². The molecule has 1 aromatic heterocycles. The van der Waals surface area contributed by atoms with Crippen LogP contribution in [0.25, 0.3) is 0 Å². The molecule has 2 heterocycles. The van der Waals surface area contributed by atoms with Crippen LogP contribution < -0.4 is 16.8 Å². The van der Waals surface area contributed by atoms with Crippen molar-refractivity contribution in [2.75, 3.05) is 11.1 Å². The molecule has 0 aliphatic carbocycles. The summed E-state index contributed by atoms with van der Waals surface area (Å²) in [5.74, 6) is 0.373. The monoisotopic (exact) mass is 307 g/mol. The normalized spacial score (nSPS) is 20.4. The smallest absolute Gasteiger partial charge is 0.163 e. The molecule has 0 amide bonds. The van der Waals surface area contributed by atoms with Gasteiger partial charge in [-0.3, -0.25) is 5.73 Å². The van der Waals surface area contributed by atoms with Gasteiger partial charge in [-0.15, -0.1) is 0 Å². The fourth-order valence-electron chi connectivity index (χ4n) is 2.14. The summed E-state index contributed by atoms with van der Waals surface area (Å²) in [5, 5.41) is 3.88. The number of nitrogens with zero attached hydrogens (tertiary/aromatic N) is 2. The zero-order chi connectivity index (χ0) is 14.3. The molecule has 0 radical (unpaired) electrons. The lowest BCUT2D eigenvalue weighted by atomic mass is 9.91. The Kier molecular flexibility index (Phi) is 3.05. The molecule has 5 N–H and O–H groups in total. The summed E-state index contributed by atoms with van der Waals surface area (Å²) in [6.45, 7) is 0. The molecule has 1 unspecified atom stereocenters. The first kappa shape index (κ1) is 13.2. The number of hydrogen-bond donors (Lipinski definition) is 3. The SMILES string of the molecule is Nc1cc2c(cn1)NC=NC2(N)c1ccc(Cl)c(Cl)c1. The highest BCUT2D eigenvalue weighted by atomic mass is 35.5. The second-order valence-corrected chi connectivity index (χ2v) is 5.27. The molecular weight excluding hydrogens is 297 g/mol. The Morgan fingerprint density at radius 3 is 2.70 bits per heavy atom. The molecule has 20 heavy (non-hydrogen) atoms. The van der Waals surface area contributed by atoms with Gasteiger partial charge in [0.1, 0.15) is 5.82 Å². The second kappa shape index (κ2) is 4.63. The maximum atomic E-state index is 6.46. The number of halogens is 2. The Balaban J connectivity index is 2.21. The Morgan fingerprint density at radius 2 is 1.95 bits per heavy atom. The van der Waals surface area contributed by atoms with Gasteiger partial charge in [0, 0.05) is 11.1 Å². The molecule has 1 atom stereocenters. The van der Waals surface area contributed by atoms with E-state index < -0.39 is 5.66 Å². The molecule has 0 spiro atoms. The number of nitrogens with one attached hydrogen (secondary N) is 1. The van der Waals surface area contributed by atoms with Crippen molar-refractivity contribution in [1.29, 1.82) is 0 Å². The molecule has 5 nitrogen and oxygen atoms in total. The minimum Gasteiger partial charge on any atom is -0.384 e. The number of nitrogen functional groups attached to an aromatic ring is 1. The van der Waals surface area contributed by atoms with Crippen molar-refractivity contribution in [3.8, 4) is 0 Å². The van der Waals surface area contributed by atoms with Crippen molar-refractivity contribution < 1.29 is 0 Å². The molecule has 2 aromatic rings. The Bertz CT molecular complexity index is 716. The van der Waals surface area contributed by atoms with Crippen LogP contribution in [0.4, 0.5) is 11.5 Å². The van der Waals surface area contributed by atoms with Gasteiger partial charge in [-0.05, 0) is 18.2 Å². The molecule has 0 saturated heterocycles. The van der Waals surface area contributed by atoms with Crippen LogP contribution in [-0.2, 0) is 5.66 Å². The summed E-state index contributed by atoms with van der Waals surface area (Å²) in [6, 6.07) is 6.88. The maximum absolute atomic E-state index is 6.46. The van der Waals surface area contributed by atoms with E-state index in [1.54, 1.807) is 30.5 Å². The van der Waals surface area contributed by atoms with Gasteiger partial charge in [-0.1, -0.05) is 29.3 Å². The van der Waals surface area contributed by atoms with Crippen LogP contribution in [0.5, 0.6) is 0 Å². The number of fused-ring (bicyclic) bond motifs is 1. The number of hydrogen-bond acceptors (Lipinski definition) is 5. The van der Waals surface area contributed by atoms with Gasteiger partial charge in [0.2, 0.25) is 0 Å². The molecule has 1 aliphatic heterocycles. The number of anilines is 2. The lowest BCUT2D eigenvalue weighted by molar-refractivity contribution is 0.571. The fourth-order valence-corrected chi connectivity index (χ4v) is 2.44. The standard InChI is InChI=1S/C13H11Cl2N5/c14-9-2-1-7(3-10(9)15)13(17)8-4-12(16)18-5-11(8)19-6-20-13/h1-6H,17H2,(H2,16,18)(H,19,20). The van der Waals surface area contributed by atoms with E-state index in [2.05, 4.69) is 15.3 Å². The molecule has 0 saturated carbocycles. The van der Waals surface area contributed by atoms with Crippen LogP contribution in [-0.4, -0.2) is 11.3 Å². The van der Waals surface area contributed by atoms with Crippen LogP contribution in [0.1, 0.15) is 11.1 Å². The topological polar surface area (TPSA) is 89.3 Å². The molecule has 3 rings (SSSR count). The zero-order valence-corrected chi connectivity index (χ0v) is 11.8. The predicted octanol–water partition coefficient (Wildman–Crippen LogP) is 2.58. The van der Waals surface area contributed by atoms with Crippen LogP contribution in [0.15, 0.2) is 35.5 Å². The Hall–Kier alpha value is -1.82. The average Bonchev–Trinajstić information content (AvgIpc) is 2.43. The van der Waals surface area contributed by atoms with Crippen molar-refractivity contribution in [3.63, 3.8) is 0 Å². The van der Waals surface area contributed by atoms with Gasteiger partial charge in [-0.2, -0.15) is 0 Å². The molecule has 102 valence electrons. The lowest BCUT2D eigenvalue weighted by Crippen LogP contribution is -2.39. The van der Waals surface area contributed by atoms with Crippen LogP contribution in [0.2, 0.25) is 10.0 Å². The first-order valence-electron chi connectivity index (χ1n) is 5.81. The third-order valence-electron chi connectivity index (χ3n) is 3.18. The van der Waals surface area contributed by atoms with Crippen molar-refractivity contribution in [2.45, 2.75) is 5.66 Å². The van der Waals surface area contributed by atoms with Crippen LogP contribution in [0, 0.1) is 0 Å². The van der Waals surface area contributed by atoms with Crippen molar-refractivity contribution in [2.24, 2.45) is 10.7 Å². The molecule has 1 aliphatic rings. The number of rotatable bonds is 1.